The van der Waals surface area contributed by atoms with Crippen LogP contribution in [0, 0.1) is 35.8 Å². The number of nitriles is 2. The van der Waals surface area contributed by atoms with Crippen LogP contribution in [0.25, 0.3) is 52.1 Å². The first-order chi connectivity index (χ1) is 28.9. The Labute approximate surface area is 353 Å². The van der Waals surface area contributed by atoms with Crippen molar-refractivity contribution in [3.63, 3.8) is 0 Å². The number of carbonyl (C=O) groups is 2. The van der Waals surface area contributed by atoms with Gasteiger partial charge >= 0.3 is 0 Å². The van der Waals surface area contributed by atoms with Crippen LogP contribution in [0.2, 0.25) is 0 Å². The van der Waals surface area contributed by atoms with E-state index in [1.54, 1.807) is 23.5 Å². The van der Waals surface area contributed by atoms with Crippen LogP contribution in [0.3, 0.4) is 0 Å². The number of hydrogen-bond donors (Lipinski definition) is 0. The van der Waals surface area contributed by atoms with Crippen molar-refractivity contribution in [1.82, 2.24) is 0 Å². The molecule has 0 amide bonds. The van der Waals surface area contributed by atoms with Crippen LogP contribution in [-0.4, -0.2) is 11.6 Å². The third-order valence-electron chi connectivity index (χ3n) is 13.6. The van der Waals surface area contributed by atoms with E-state index >= 15 is 0 Å². The molecular weight excluding hydrogens is 785 g/mol. The number of thiophene rings is 3. The van der Waals surface area contributed by atoms with Crippen molar-refractivity contribution in [3.8, 4) is 21.9 Å². The number of allylic oxidation sites excluding steroid dienone is 8. The molecule has 0 radical (unpaired) electrons. The molecule has 2 aromatic carbocycles. The molecule has 0 saturated heterocycles. The molecule has 6 aliphatic carbocycles. The van der Waals surface area contributed by atoms with Crippen molar-refractivity contribution in [3.05, 3.63) is 160 Å². The number of benzene rings is 2. The van der Waals surface area contributed by atoms with Crippen molar-refractivity contribution >= 4 is 78.3 Å². The highest BCUT2D eigenvalue weighted by Gasteiger charge is 2.55. The summed E-state index contributed by atoms with van der Waals surface area (Å²) >= 11 is 5.47. The average molecular weight is 817 g/mol. The topological polar surface area (TPSA) is 90.4 Å². The van der Waals surface area contributed by atoms with E-state index in [0.29, 0.717) is 44.5 Å². The molecule has 2 spiro atoms. The number of ketones is 2. The molecule has 9 heteroatoms. The Morgan fingerprint density at radius 1 is 0.644 bits per heavy atom. The lowest BCUT2D eigenvalue weighted by atomic mass is 9.61. The second kappa shape index (κ2) is 13.2. The van der Waals surface area contributed by atoms with E-state index in [2.05, 4.69) is 34.0 Å². The number of carbonyl (C=O) groups excluding carboxylic acids is 2. The lowest BCUT2D eigenvalue weighted by molar-refractivity contribution is 0.103. The quantitative estimate of drug-likeness (QED) is 0.101. The molecule has 0 aliphatic heterocycles. The SMILES string of the molecule is [C-]#[N+]/C(C#N)=C1\C(=C/c2cc3sc4c(c3s2)C2(CCCCC2)c2c-4sc3c2C2(CCCCC2)C(/C=C2\C(=O)c4ccccc4\C2=C(\C#N)[N+]#[C-])=C3)C(=O)c2ccccc21. The van der Waals surface area contributed by atoms with Gasteiger partial charge in [0.25, 0.3) is 11.4 Å². The summed E-state index contributed by atoms with van der Waals surface area (Å²) in [6.45, 7) is 15.6. The van der Waals surface area contributed by atoms with E-state index in [9.17, 15) is 20.1 Å². The second-order valence-corrected chi connectivity index (χ2v) is 19.5. The highest BCUT2D eigenvalue weighted by atomic mass is 32.1. The average Bonchev–Trinajstić information content (AvgIpc) is 4.12. The van der Waals surface area contributed by atoms with Gasteiger partial charge in [0, 0.05) is 69.1 Å². The first kappa shape index (κ1) is 35.9. The van der Waals surface area contributed by atoms with E-state index in [1.165, 1.54) is 53.6 Å². The third kappa shape index (κ3) is 4.79. The predicted molar refractivity (Wildman–Crippen MR) is 235 cm³/mol. The Hall–Kier alpha value is -6.20. The van der Waals surface area contributed by atoms with Crippen molar-refractivity contribution in [2.75, 3.05) is 0 Å². The number of Topliss-reactive ketones (excluding diaryl/α,β-unsaturated/α-hetero) is 2. The van der Waals surface area contributed by atoms with Gasteiger partial charge in [-0.05, 0) is 77.8 Å². The Morgan fingerprint density at radius 3 is 1.73 bits per heavy atom. The van der Waals surface area contributed by atoms with E-state index in [0.717, 1.165) is 61.8 Å². The fourth-order valence-electron chi connectivity index (χ4n) is 11.3. The molecule has 5 aromatic rings. The van der Waals surface area contributed by atoms with Gasteiger partial charge in [-0.2, -0.15) is 0 Å². The van der Waals surface area contributed by atoms with Gasteiger partial charge in [0.2, 0.25) is 0 Å². The molecule has 0 bridgehead atoms. The van der Waals surface area contributed by atoms with Crippen molar-refractivity contribution in [1.29, 1.82) is 10.5 Å². The lowest BCUT2D eigenvalue weighted by Gasteiger charge is -2.42. The lowest BCUT2D eigenvalue weighted by Crippen LogP contribution is -2.35. The second-order valence-electron chi connectivity index (χ2n) is 16.3. The standard InChI is InChI=1S/C50H32N4O2S3/c1-53-35(25-51)39-29-13-5-7-15-31(29)44(55)33(39)21-27-22-37-41(49(27)17-9-3-10-18-49)42-47(58-37)48-43(50(42)19-11-4-12-20-50)46-38(59-48)24-28(57-46)23-34-40(36(26-52)54-2)30-14-6-8-16-32(30)45(34)56/h5-8,13-16,21-24H,3-4,9-12,17-20H2/b33-21-,34-23+,39-35+,40-36-. The minimum atomic E-state index is -0.263. The van der Waals surface area contributed by atoms with Crippen LogP contribution in [-0.2, 0) is 10.8 Å². The Bertz CT molecular complexity index is 3120. The summed E-state index contributed by atoms with van der Waals surface area (Å²) in [5.41, 5.74) is 9.10. The van der Waals surface area contributed by atoms with Gasteiger partial charge in [-0.1, -0.05) is 87.1 Å². The molecule has 3 aromatic heterocycles. The van der Waals surface area contributed by atoms with Crippen LogP contribution in [0.15, 0.2) is 88.8 Å². The molecule has 6 nitrogen and oxygen atoms in total. The van der Waals surface area contributed by atoms with Crippen LogP contribution in [0.1, 0.15) is 122 Å². The molecule has 0 N–H and O–H groups in total. The van der Waals surface area contributed by atoms with Gasteiger partial charge < -0.3 is 0 Å². The van der Waals surface area contributed by atoms with E-state index < -0.39 is 0 Å². The van der Waals surface area contributed by atoms with Crippen LogP contribution >= 0.6 is 34.0 Å². The monoisotopic (exact) mass is 816 g/mol. The summed E-state index contributed by atoms with van der Waals surface area (Å²) in [6, 6.07) is 20.9. The molecule has 0 atom stereocenters. The number of nitrogens with zero attached hydrogens (tertiary/aromatic N) is 4. The molecular formula is C50H32N4O2S3. The molecule has 11 rings (SSSR count). The van der Waals surface area contributed by atoms with E-state index in [1.807, 2.05) is 71.2 Å². The minimum Gasteiger partial charge on any atom is -0.289 e. The van der Waals surface area contributed by atoms with Crippen molar-refractivity contribution in [2.45, 2.75) is 75.0 Å². The fourth-order valence-corrected chi connectivity index (χ4v) is 15.6. The van der Waals surface area contributed by atoms with Gasteiger partial charge in [-0.25, -0.2) is 20.2 Å². The van der Waals surface area contributed by atoms with Crippen LogP contribution in [0.4, 0.5) is 0 Å². The number of fused-ring (bicyclic) bond motifs is 12. The summed E-state index contributed by atoms with van der Waals surface area (Å²) in [7, 11) is 0. The van der Waals surface area contributed by atoms with Crippen LogP contribution < -0.4 is 0 Å². The first-order valence-corrected chi connectivity index (χ1v) is 22.6. The summed E-state index contributed by atoms with van der Waals surface area (Å²) in [5, 5.41) is 20.0. The summed E-state index contributed by atoms with van der Waals surface area (Å²) in [5.74, 6) is -0.282. The van der Waals surface area contributed by atoms with E-state index in [-0.39, 0.29) is 33.8 Å². The Kier molecular flexibility index (Phi) is 8.01. The normalized spacial score (nSPS) is 22.1. The van der Waals surface area contributed by atoms with Gasteiger partial charge in [0.05, 0.1) is 34.9 Å². The highest BCUT2D eigenvalue weighted by molar-refractivity contribution is 7.32. The molecule has 3 heterocycles. The predicted octanol–water partition coefficient (Wildman–Crippen LogP) is 13.3. The fraction of sp³-hybridized carbons (Fsp3) is 0.240. The first-order valence-electron chi connectivity index (χ1n) is 20.1. The maximum Gasteiger partial charge on any atom is 0.270 e. The molecule has 2 saturated carbocycles. The Balaban J connectivity index is 1.07. The highest BCUT2D eigenvalue weighted by Crippen LogP contribution is 2.69. The largest absolute Gasteiger partial charge is 0.289 e. The maximum absolute atomic E-state index is 14.2. The summed E-state index contributed by atoms with van der Waals surface area (Å²) < 4.78 is 2.48. The Morgan fingerprint density at radius 2 is 1.17 bits per heavy atom. The number of rotatable bonds is 2. The third-order valence-corrected chi connectivity index (χ3v) is 17.3. The van der Waals surface area contributed by atoms with Gasteiger partial charge in [0.1, 0.15) is 0 Å². The molecule has 2 fully saturated rings. The minimum absolute atomic E-state index is 0.0481. The van der Waals surface area contributed by atoms with Crippen molar-refractivity contribution in [2.24, 2.45) is 0 Å². The van der Waals surface area contributed by atoms with Gasteiger partial charge in [0.15, 0.2) is 11.6 Å². The van der Waals surface area contributed by atoms with Crippen LogP contribution in [0.5, 0.6) is 0 Å². The maximum atomic E-state index is 14.2. The van der Waals surface area contributed by atoms with Gasteiger partial charge in [-0.15, -0.1) is 34.0 Å². The zero-order chi connectivity index (χ0) is 40.2. The molecule has 59 heavy (non-hydrogen) atoms. The zero-order valence-corrected chi connectivity index (χ0v) is 34.3. The van der Waals surface area contributed by atoms with Crippen molar-refractivity contribution < 1.29 is 9.59 Å². The summed E-state index contributed by atoms with van der Waals surface area (Å²) in [4.78, 5) is 40.1. The van der Waals surface area contributed by atoms with Gasteiger partial charge in [-0.3, -0.25) is 9.59 Å². The smallest absolute Gasteiger partial charge is 0.270 e. The molecule has 282 valence electrons. The number of hydrogen-bond acceptors (Lipinski definition) is 7. The summed E-state index contributed by atoms with van der Waals surface area (Å²) in [6.07, 6.45) is 17.2. The van der Waals surface area contributed by atoms with E-state index in [4.69, 9.17) is 13.1 Å². The zero-order valence-electron chi connectivity index (χ0n) is 31.8. The molecule has 0 unspecified atom stereocenters. The molecule has 6 aliphatic rings.